The summed E-state index contributed by atoms with van der Waals surface area (Å²) in [5.74, 6) is -1.59. The smallest absolute Gasteiger partial charge is 0.333 e. The monoisotopic (exact) mass is 301 g/mol. The number of carbonyl (C=O) groups excluding carboxylic acids is 1. The van der Waals surface area contributed by atoms with Gasteiger partial charge >= 0.3 is 5.97 Å². The SMILES string of the molecule is CC(C)n1nccc1C(=O)NC(C)(C(=O)O)c1ccccc1. The predicted octanol–water partition coefficient (Wildman–Crippen LogP) is 2.19. The molecule has 0 spiro atoms. The molecule has 0 bridgehead atoms. The van der Waals surface area contributed by atoms with Gasteiger partial charge in [0.15, 0.2) is 5.54 Å². The Morgan fingerprint density at radius 3 is 2.41 bits per heavy atom. The van der Waals surface area contributed by atoms with Crippen molar-refractivity contribution in [1.29, 1.82) is 0 Å². The number of hydrogen-bond donors (Lipinski definition) is 2. The molecule has 1 aromatic carbocycles. The minimum Gasteiger partial charge on any atom is -0.479 e. The Balaban J connectivity index is 2.35. The topological polar surface area (TPSA) is 84.2 Å². The molecule has 2 rings (SSSR count). The number of amides is 1. The second-order valence-electron chi connectivity index (χ2n) is 5.51. The average molecular weight is 301 g/mol. The zero-order valence-electron chi connectivity index (χ0n) is 12.8. The summed E-state index contributed by atoms with van der Waals surface area (Å²) >= 11 is 0. The summed E-state index contributed by atoms with van der Waals surface area (Å²) in [6.45, 7) is 5.27. The molecule has 6 nitrogen and oxygen atoms in total. The zero-order chi connectivity index (χ0) is 16.3. The van der Waals surface area contributed by atoms with Crippen LogP contribution in [0.25, 0.3) is 0 Å². The molecule has 22 heavy (non-hydrogen) atoms. The fourth-order valence-corrected chi connectivity index (χ4v) is 2.22. The van der Waals surface area contributed by atoms with Crippen molar-refractivity contribution in [3.8, 4) is 0 Å². The molecule has 6 heteroatoms. The van der Waals surface area contributed by atoms with Crippen LogP contribution < -0.4 is 5.32 Å². The van der Waals surface area contributed by atoms with Gasteiger partial charge in [-0.15, -0.1) is 0 Å². The lowest BCUT2D eigenvalue weighted by Gasteiger charge is -2.27. The van der Waals surface area contributed by atoms with Gasteiger partial charge in [0.2, 0.25) is 0 Å². The van der Waals surface area contributed by atoms with E-state index >= 15 is 0 Å². The zero-order valence-corrected chi connectivity index (χ0v) is 12.8. The molecule has 0 fully saturated rings. The summed E-state index contributed by atoms with van der Waals surface area (Å²) in [4.78, 5) is 24.2. The van der Waals surface area contributed by atoms with Crippen molar-refractivity contribution in [1.82, 2.24) is 15.1 Å². The van der Waals surface area contributed by atoms with Crippen LogP contribution in [0.15, 0.2) is 42.6 Å². The van der Waals surface area contributed by atoms with Crippen LogP contribution in [0.3, 0.4) is 0 Å². The standard InChI is InChI=1S/C16H19N3O3/c1-11(2)19-13(9-10-17-19)14(20)18-16(3,15(21)22)12-7-5-4-6-8-12/h4-11H,1-3H3,(H,18,20)(H,21,22). The summed E-state index contributed by atoms with van der Waals surface area (Å²) in [7, 11) is 0. The van der Waals surface area contributed by atoms with E-state index in [2.05, 4.69) is 10.4 Å². The van der Waals surface area contributed by atoms with Gasteiger partial charge < -0.3 is 10.4 Å². The van der Waals surface area contributed by atoms with Crippen LogP contribution in [0.2, 0.25) is 0 Å². The fraction of sp³-hybridized carbons (Fsp3) is 0.312. The molecule has 1 unspecified atom stereocenters. The molecule has 1 aromatic heterocycles. The molecule has 116 valence electrons. The van der Waals surface area contributed by atoms with Gasteiger partial charge in [0.25, 0.3) is 5.91 Å². The summed E-state index contributed by atoms with van der Waals surface area (Å²) < 4.78 is 1.56. The van der Waals surface area contributed by atoms with E-state index in [0.717, 1.165) is 0 Å². The second-order valence-corrected chi connectivity index (χ2v) is 5.51. The second kappa shape index (κ2) is 6.01. The van der Waals surface area contributed by atoms with Gasteiger partial charge in [0.1, 0.15) is 5.69 Å². The number of aromatic nitrogens is 2. The van der Waals surface area contributed by atoms with Crippen molar-refractivity contribution in [2.24, 2.45) is 0 Å². The highest BCUT2D eigenvalue weighted by atomic mass is 16.4. The highest BCUT2D eigenvalue weighted by molar-refractivity contribution is 5.96. The largest absolute Gasteiger partial charge is 0.479 e. The van der Waals surface area contributed by atoms with E-state index in [0.29, 0.717) is 11.3 Å². The van der Waals surface area contributed by atoms with Gasteiger partial charge in [-0.3, -0.25) is 9.48 Å². The van der Waals surface area contributed by atoms with Crippen LogP contribution in [0.5, 0.6) is 0 Å². The molecule has 2 N–H and O–H groups in total. The molecule has 0 aliphatic rings. The van der Waals surface area contributed by atoms with Gasteiger partial charge in [-0.1, -0.05) is 30.3 Å². The minimum absolute atomic E-state index is 0.00330. The van der Waals surface area contributed by atoms with Crippen LogP contribution in [-0.4, -0.2) is 26.8 Å². The van der Waals surface area contributed by atoms with Crippen molar-refractivity contribution >= 4 is 11.9 Å². The van der Waals surface area contributed by atoms with Crippen LogP contribution in [0.4, 0.5) is 0 Å². The number of nitrogens with zero attached hydrogens (tertiary/aromatic N) is 2. The molecule has 1 amide bonds. The number of rotatable bonds is 5. The van der Waals surface area contributed by atoms with Crippen molar-refractivity contribution in [2.45, 2.75) is 32.4 Å². The van der Waals surface area contributed by atoms with E-state index in [-0.39, 0.29) is 6.04 Å². The lowest BCUT2D eigenvalue weighted by Crippen LogP contribution is -2.50. The maximum Gasteiger partial charge on any atom is 0.333 e. The van der Waals surface area contributed by atoms with Gasteiger partial charge in [-0.05, 0) is 32.4 Å². The third kappa shape index (κ3) is 2.86. The molecule has 1 atom stereocenters. The molecular formula is C16H19N3O3. The van der Waals surface area contributed by atoms with Crippen LogP contribution in [0, 0.1) is 0 Å². The predicted molar refractivity (Wildman–Crippen MR) is 81.5 cm³/mol. The summed E-state index contributed by atoms with van der Waals surface area (Å²) in [6.07, 6.45) is 1.52. The van der Waals surface area contributed by atoms with E-state index < -0.39 is 17.4 Å². The van der Waals surface area contributed by atoms with Crippen molar-refractivity contribution in [3.63, 3.8) is 0 Å². The van der Waals surface area contributed by atoms with Crippen molar-refractivity contribution in [2.75, 3.05) is 0 Å². The van der Waals surface area contributed by atoms with E-state index in [1.807, 2.05) is 13.8 Å². The Labute approximate surface area is 128 Å². The average Bonchev–Trinajstić information content (AvgIpc) is 2.97. The van der Waals surface area contributed by atoms with Crippen LogP contribution in [-0.2, 0) is 10.3 Å². The molecule has 2 aromatic rings. The Morgan fingerprint density at radius 2 is 1.86 bits per heavy atom. The third-order valence-electron chi connectivity index (χ3n) is 3.53. The maximum absolute atomic E-state index is 12.5. The van der Waals surface area contributed by atoms with Crippen molar-refractivity contribution < 1.29 is 14.7 Å². The Morgan fingerprint density at radius 1 is 1.23 bits per heavy atom. The highest BCUT2D eigenvalue weighted by Crippen LogP contribution is 2.22. The summed E-state index contributed by atoms with van der Waals surface area (Å²) in [6, 6.07) is 10.2. The number of carboxylic acid groups (broad SMARTS) is 1. The van der Waals surface area contributed by atoms with Gasteiger partial charge in [0.05, 0.1) is 0 Å². The molecule has 0 aliphatic heterocycles. The number of carbonyl (C=O) groups is 2. The maximum atomic E-state index is 12.5. The molecule has 0 aliphatic carbocycles. The van der Waals surface area contributed by atoms with Gasteiger partial charge in [-0.2, -0.15) is 5.10 Å². The minimum atomic E-state index is -1.51. The molecule has 1 heterocycles. The summed E-state index contributed by atoms with van der Waals surface area (Å²) in [5.41, 5.74) is -0.672. The first-order chi connectivity index (χ1) is 10.4. The normalized spacial score (nSPS) is 13.6. The molecule has 0 radical (unpaired) electrons. The number of hydrogen-bond acceptors (Lipinski definition) is 3. The Hall–Kier alpha value is -2.63. The number of carboxylic acids is 1. The van der Waals surface area contributed by atoms with Crippen LogP contribution >= 0.6 is 0 Å². The Bertz CT molecular complexity index is 679. The third-order valence-corrected chi connectivity index (χ3v) is 3.53. The van der Waals surface area contributed by atoms with Gasteiger partial charge in [0, 0.05) is 12.2 Å². The van der Waals surface area contributed by atoms with E-state index in [1.54, 1.807) is 41.1 Å². The first-order valence-corrected chi connectivity index (χ1v) is 7.01. The number of nitrogens with one attached hydrogen (secondary N) is 1. The first kappa shape index (κ1) is 15.8. The fourth-order valence-electron chi connectivity index (χ4n) is 2.22. The quantitative estimate of drug-likeness (QED) is 0.886. The molecule has 0 saturated heterocycles. The first-order valence-electron chi connectivity index (χ1n) is 7.01. The number of benzene rings is 1. The van der Waals surface area contributed by atoms with Crippen molar-refractivity contribution in [3.05, 3.63) is 53.9 Å². The lowest BCUT2D eigenvalue weighted by molar-refractivity contribution is -0.144. The van der Waals surface area contributed by atoms with Crippen LogP contribution in [0.1, 0.15) is 42.9 Å². The summed E-state index contributed by atoms with van der Waals surface area (Å²) in [5, 5.41) is 16.3. The molecular weight excluding hydrogens is 282 g/mol. The number of aliphatic carboxylic acids is 1. The molecule has 0 saturated carbocycles. The lowest BCUT2D eigenvalue weighted by atomic mass is 9.92. The Kier molecular flexibility index (Phi) is 4.30. The highest BCUT2D eigenvalue weighted by Gasteiger charge is 2.37. The van der Waals surface area contributed by atoms with E-state index in [9.17, 15) is 14.7 Å². The van der Waals surface area contributed by atoms with E-state index in [1.165, 1.54) is 13.1 Å². The van der Waals surface area contributed by atoms with E-state index in [4.69, 9.17) is 0 Å². The van der Waals surface area contributed by atoms with Gasteiger partial charge in [-0.25, -0.2) is 4.79 Å².